The van der Waals surface area contributed by atoms with Gasteiger partial charge in [0.05, 0.1) is 24.0 Å². The number of halogens is 1. The van der Waals surface area contributed by atoms with Crippen molar-refractivity contribution >= 4 is 11.7 Å². The molecule has 2 heterocycles. The van der Waals surface area contributed by atoms with E-state index in [1.165, 1.54) is 6.07 Å². The number of nitrogens with one attached hydrogen (secondary N) is 1. The molecule has 1 atom stereocenters. The predicted octanol–water partition coefficient (Wildman–Crippen LogP) is 6.06. The van der Waals surface area contributed by atoms with Crippen LogP contribution < -0.4 is 5.32 Å². The van der Waals surface area contributed by atoms with Crippen LogP contribution in [0.3, 0.4) is 0 Å². The van der Waals surface area contributed by atoms with E-state index in [-0.39, 0.29) is 17.8 Å². The summed E-state index contributed by atoms with van der Waals surface area (Å²) in [7, 11) is 0. The van der Waals surface area contributed by atoms with Gasteiger partial charge in [0.1, 0.15) is 5.82 Å². The molecule has 0 radical (unpaired) electrons. The molecule has 5 rings (SSSR count). The molecular weight excluding hydrogens is 389 g/mol. The summed E-state index contributed by atoms with van der Waals surface area (Å²) in [6, 6.07) is 25.8. The van der Waals surface area contributed by atoms with Gasteiger partial charge in [0.15, 0.2) is 0 Å². The third-order valence-electron chi connectivity index (χ3n) is 5.73. The first-order valence-electron chi connectivity index (χ1n) is 10.3. The number of aromatic nitrogens is 1. The maximum absolute atomic E-state index is 14.3. The molecule has 0 saturated carbocycles. The van der Waals surface area contributed by atoms with Crippen molar-refractivity contribution in [2.75, 3.05) is 5.32 Å². The first kappa shape index (κ1) is 19.1. The van der Waals surface area contributed by atoms with E-state index < -0.39 is 5.82 Å². The number of anilines is 1. The van der Waals surface area contributed by atoms with Crippen LogP contribution in [0.2, 0.25) is 0 Å². The highest BCUT2D eigenvalue weighted by atomic mass is 19.1. The second-order valence-corrected chi connectivity index (χ2v) is 7.78. The smallest absolute Gasteiger partial charge is 0.318 e. The van der Waals surface area contributed by atoms with Gasteiger partial charge in [-0.1, -0.05) is 60.2 Å². The van der Waals surface area contributed by atoms with E-state index in [0.29, 0.717) is 6.54 Å². The van der Waals surface area contributed by atoms with Crippen molar-refractivity contribution in [3.63, 3.8) is 0 Å². The monoisotopic (exact) mass is 411 g/mol. The Morgan fingerprint density at radius 1 is 0.935 bits per heavy atom. The second kappa shape index (κ2) is 7.76. The molecule has 154 valence electrons. The molecule has 0 unspecified atom stereocenters. The van der Waals surface area contributed by atoms with E-state index in [1.807, 2.05) is 55.6 Å². The van der Waals surface area contributed by atoms with Crippen LogP contribution in [0.4, 0.5) is 14.9 Å². The van der Waals surface area contributed by atoms with Crippen LogP contribution in [0.15, 0.2) is 91.1 Å². The van der Waals surface area contributed by atoms with Crippen molar-refractivity contribution in [2.24, 2.45) is 0 Å². The Bertz CT molecular complexity index is 1250. The molecule has 1 N–H and O–H groups in total. The van der Waals surface area contributed by atoms with Crippen molar-refractivity contribution in [3.8, 4) is 5.69 Å². The van der Waals surface area contributed by atoms with Crippen LogP contribution in [0.5, 0.6) is 0 Å². The summed E-state index contributed by atoms with van der Waals surface area (Å²) in [5.74, 6) is -0.457. The van der Waals surface area contributed by atoms with Crippen molar-refractivity contribution in [3.05, 3.63) is 119 Å². The number of hydrogen-bond donors (Lipinski definition) is 1. The highest BCUT2D eigenvalue weighted by Gasteiger charge is 2.33. The summed E-state index contributed by atoms with van der Waals surface area (Å²) in [5, 5.41) is 2.78. The van der Waals surface area contributed by atoms with Crippen molar-refractivity contribution < 1.29 is 9.18 Å². The summed E-state index contributed by atoms with van der Waals surface area (Å²) < 4.78 is 16.4. The third-order valence-corrected chi connectivity index (χ3v) is 5.73. The number of amides is 2. The fourth-order valence-corrected chi connectivity index (χ4v) is 4.19. The largest absolute Gasteiger partial charge is 0.323 e. The highest BCUT2D eigenvalue weighted by Crippen LogP contribution is 2.37. The number of rotatable bonds is 2. The number of aryl methyl sites for hydroxylation is 1. The number of para-hydroxylation sites is 2. The van der Waals surface area contributed by atoms with Gasteiger partial charge in [-0.2, -0.15) is 0 Å². The molecule has 4 nitrogen and oxygen atoms in total. The van der Waals surface area contributed by atoms with E-state index in [0.717, 1.165) is 28.1 Å². The molecule has 1 aliphatic heterocycles. The van der Waals surface area contributed by atoms with E-state index in [1.54, 1.807) is 23.1 Å². The van der Waals surface area contributed by atoms with Gasteiger partial charge < -0.3 is 14.8 Å². The van der Waals surface area contributed by atoms with Crippen LogP contribution in [0.1, 0.15) is 28.4 Å². The van der Waals surface area contributed by atoms with Gasteiger partial charge in [-0.3, -0.25) is 0 Å². The minimum absolute atomic E-state index is 0.170. The van der Waals surface area contributed by atoms with Gasteiger partial charge in [-0.05, 0) is 48.4 Å². The lowest BCUT2D eigenvalue weighted by atomic mass is 10.0. The average Bonchev–Trinajstić information content (AvgIpc) is 3.20. The fraction of sp³-hybridized carbons (Fsp3) is 0.115. The Labute approximate surface area is 180 Å². The van der Waals surface area contributed by atoms with E-state index in [2.05, 4.69) is 28.1 Å². The number of hydrogen-bond acceptors (Lipinski definition) is 1. The molecule has 1 aromatic heterocycles. The summed E-state index contributed by atoms with van der Waals surface area (Å²) in [6.45, 7) is 2.44. The van der Waals surface area contributed by atoms with Crippen LogP contribution in [0, 0.1) is 12.7 Å². The number of urea groups is 1. The molecule has 1 aliphatic rings. The Morgan fingerprint density at radius 3 is 2.48 bits per heavy atom. The van der Waals surface area contributed by atoms with Crippen LogP contribution in [-0.2, 0) is 6.54 Å². The second-order valence-electron chi connectivity index (χ2n) is 7.78. The van der Waals surface area contributed by atoms with Gasteiger partial charge >= 0.3 is 6.03 Å². The summed E-state index contributed by atoms with van der Waals surface area (Å²) in [6.07, 6.45) is 2.02. The molecular formula is C26H22FN3O. The van der Waals surface area contributed by atoms with Crippen LogP contribution >= 0.6 is 0 Å². The van der Waals surface area contributed by atoms with Crippen molar-refractivity contribution in [1.82, 2.24) is 9.47 Å². The molecule has 0 saturated heterocycles. The lowest BCUT2D eigenvalue weighted by Gasteiger charge is -2.31. The zero-order chi connectivity index (χ0) is 21.4. The Morgan fingerprint density at radius 2 is 1.68 bits per heavy atom. The average molecular weight is 411 g/mol. The zero-order valence-corrected chi connectivity index (χ0v) is 17.1. The number of benzene rings is 3. The zero-order valence-electron chi connectivity index (χ0n) is 17.1. The van der Waals surface area contributed by atoms with Gasteiger partial charge in [0.25, 0.3) is 0 Å². The van der Waals surface area contributed by atoms with Gasteiger partial charge in [0, 0.05) is 11.9 Å². The number of carbonyl (C=O) groups is 1. The summed E-state index contributed by atoms with van der Waals surface area (Å²) >= 11 is 0. The van der Waals surface area contributed by atoms with Crippen LogP contribution in [0.25, 0.3) is 5.69 Å². The Balaban J connectivity index is 1.64. The topological polar surface area (TPSA) is 37.3 Å². The minimum atomic E-state index is -0.457. The first-order valence-corrected chi connectivity index (χ1v) is 10.3. The number of fused-ring (bicyclic) bond motifs is 3. The first-order chi connectivity index (χ1) is 15.1. The molecule has 0 aliphatic carbocycles. The number of nitrogens with zero attached hydrogens (tertiary/aromatic N) is 2. The van der Waals surface area contributed by atoms with E-state index >= 15 is 0 Å². The summed E-state index contributed by atoms with van der Waals surface area (Å²) in [5.41, 5.74) is 5.38. The van der Waals surface area contributed by atoms with Crippen LogP contribution in [-0.4, -0.2) is 15.5 Å². The Hall–Kier alpha value is -3.86. The maximum atomic E-state index is 14.3. The normalized spacial score (nSPS) is 15.0. The minimum Gasteiger partial charge on any atom is -0.318 e. The standard InChI is InChI=1S/C26H22FN3O/c1-18-12-14-19(15-13-18)25-24-11-6-16-29(24)23-10-5-2-7-20(23)17-30(25)26(31)28-22-9-4-3-8-21(22)27/h2-16,25H,17H2,1H3,(H,28,31)/t25-/m0/s1. The third kappa shape index (κ3) is 3.48. The SMILES string of the molecule is Cc1ccc([C@H]2c3cccn3-c3ccccc3CN2C(=O)Nc2ccccc2F)cc1. The molecule has 5 heteroatoms. The van der Waals surface area contributed by atoms with Gasteiger partial charge in [-0.15, -0.1) is 0 Å². The highest BCUT2D eigenvalue weighted by molar-refractivity contribution is 5.90. The van der Waals surface area contributed by atoms with Crippen molar-refractivity contribution in [2.45, 2.75) is 19.5 Å². The fourth-order valence-electron chi connectivity index (χ4n) is 4.19. The molecule has 0 bridgehead atoms. The molecule has 3 aromatic carbocycles. The lowest BCUT2D eigenvalue weighted by Crippen LogP contribution is -2.38. The van der Waals surface area contributed by atoms with Gasteiger partial charge in [0.2, 0.25) is 0 Å². The molecule has 0 spiro atoms. The number of carbonyl (C=O) groups excluding carboxylic acids is 1. The molecule has 31 heavy (non-hydrogen) atoms. The summed E-state index contributed by atoms with van der Waals surface area (Å²) in [4.78, 5) is 15.3. The quantitative estimate of drug-likeness (QED) is 0.428. The van der Waals surface area contributed by atoms with E-state index in [9.17, 15) is 9.18 Å². The maximum Gasteiger partial charge on any atom is 0.323 e. The molecule has 4 aromatic rings. The predicted molar refractivity (Wildman–Crippen MR) is 120 cm³/mol. The molecule has 2 amide bonds. The van der Waals surface area contributed by atoms with Gasteiger partial charge in [-0.25, -0.2) is 9.18 Å². The van der Waals surface area contributed by atoms with E-state index in [4.69, 9.17) is 0 Å². The molecule has 0 fully saturated rings. The van der Waals surface area contributed by atoms with Crippen molar-refractivity contribution in [1.29, 1.82) is 0 Å². The Kier molecular flexibility index (Phi) is 4.79. The lowest BCUT2D eigenvalue weighted by molar-refractivity contribution is 0.194.